The summed E-state index contributed by atoms with van der Waals surface area (Å²) in [5, 5.41) is 7.40. The van der Waals surface area contributed by atoms with Gasteiger partial charge in [0.1, 0.15) is 0 Å². The summed E-state index contributed by atoms with van der Waals surface area (Å²) in [6.45, 7) is 9.84. The second-order valence-electron chi connectivity index (χ2n) is 7.19. The highest BCUT2D eigenvalue weighted by molar-refractivity contribution is 6.30. The average Bonchev–Trinajstić information content (AvgIpc) is 2.93. The first kappa shape index (κ1) is 18.5. The molecule has 1 aliphatic carbocycles. The van der Waals surface area contributed by atoms with Crippen molar-refractivity contribution in [3.8, 4) is 0 Å². The van der Waals surface area contributed by atoms with Crippen molar-refractivity contribution < 1.29 is 4.79 Å². The SMILES string of the molecule is C=C(C)CC(=O)Nc1c(C)cc2c(c1C)CCC2Nc1cccc(Cl)c1. The molecule has 0 aromatic heterocycles. The van der Waals surface area contributed by atoms with E-state index in [4.69, 9.17) is 11.6 Å². The molecule has 2 aromatic rings. The van der Waals surface area contributed by atoms with Gasteiger partial charge in [-0.05, 0) is 74.1 Å². The van der Waals surface area contributed by atoms with Gasteiger partial charge in [-0.1, -0.05) is 35.9 Å². The number of amides is 1. The zero-order valence-electron chi connectivity index (χ0n) is 15.6. The lowest BCUT2D eigenvalue weighted by Gasteiger charge is -2.20. The first-order chi connectivity index (χ1) is 12.3. The van der Waals surface area contributed by atoms with Crippen LogP contribution in [0.2, 0.25) is 5.02 Å². The Morgan fingerprint density at radius 1 is 1.31 bits per heavy atom. The zero-order chi connectivity index (χ0) is 18.8. The summed E-state index contributed by atoms with van der Waals surface area (Å²) in [5.41, 5.74) is 7.76. The average molecular weight is 369 g/mol. The van der Waals surface area contributed by atoms with Crippen LogP contribution in [0, 0.1) is 13.8 Å². The lowest BCUT2D eigenvalue weighted by Crippen LogP contribution is -2.15. The third-order valence-corrected chi connectivity index (χ3v) is 5.13. The van der Waals surface area contributed by atoms with Crippen LogP contribution in [0.1, 0.15) is 48.1 Å². The van der Waals surface area contributed by atoms with Crippen molar-refractivity contribution in [2.45, 2.75) is 46.1 Å². The summed E-state index contributed by atoms with van der Waals surface area (Å²) in [6, 6.07) is 10.3. The van der Waals surface area contributed by atoms with Gasteiger partial charge in [-0.2, -0.15) is 0 Å². The fourth-order valence-corrected chi connectivity index (χ4v) is 3.91. The summed E-state index contributed by atoms with van der Waals surface area (Å²) < 4.78 is 0. The van der Waals surface area contributed by atoms with Crippen LogP contribution in [0.15, 0.2) is 42.5 Å². The second-order valence-corrected chi connectivity index (χ2v) is 7.63. The molecule has 2 aromatic carbocycles. The largest absolute Gasteiger partial charge is 0.378 e. The van der Waals surface area contributed by atoms with E-state index in [1.807, 2.05) is 31.2 Å². The Labute approximate surface area is 160 Å². The summed E-state index contributed by atoms with van der Waals surface area (Å²) in [5.74, 6) is -0.00440. The van der Waals surface area contributed by atoms with Gasteiger partial charge in [0.25, 0.3) is 0 Å². The van der Waals surface area contributed by atoms with Crippen molar-refractivity contribution in [2.75, 3.05) is 10.6 Å². The third-order valence-electron chi connectivity index (χ3n) is 4.89. The van der Waals surface area contributed by atoms with Crippen molar-refractivity contribution in [1.82, 2.24) is 0 Å². The second kappa shape index (κ2) is 7.55. The smallest absolute Gasteiger partial charge is 0.228 e. The molecule has 4 heteroatoms. The summed E-state index contributed by atoms with van der Waals surface area (Å²) in [7, 11) is 0. The first-order valence-corrected chi connectivity index (χ1v) is 9.32. The van der Waals surface area contributed by atoms with Gasteiger partial charge in [0.15, 0.2) is 0 Å². The molecule has 1 aliphatic rings. The number of fused-ring (bicyclic) bond motifs is 1. The molecule has 136 valence electrons. The standard InChI is InChI=1S/C22H25ClN2O/c1-13(2)10-21(26)25-22-14(3)11-19-18(15(22)4)8-9-20(19)24-17-7-5-6-16(23)12-17/h5-7,11-12,20,24H,1,8-10H2,2-4H3,(H,25,26). The maximum atomic E-state index is 12.2. The number of rotatable bonds is 5. The Bertz CT molecular complexity index is 873. The summed E-state index contributed by atoms with van der Waals surface area (Å²) >= 11 is 6.10. The van der Waals surface area contributed by atoms with E-state index in [2.05, 4.69) is 37.1 Å². The Kier molecular flexibility index (Phi) is 5.38. The first-order valence-electron chi connectivity index (χ1n) is 8.94. The highest BCUT2D eigenvalue weighted by Gasteiger charge is 2.26. The van der Waals surface area contributed by atoms with Crippen molar-refractivity contribution in [3.05, 3.63) is 69.8 Å². The van der Waals surface area contributed by atoms with E-state index >= 15 is 0 Å². The summed E-state index contributed by atoms with van der Waals surface area (Å²) in [6.07, 6.45) is 2.39. The number of hydrogen-bond acceptors (Lipinski definition) is 2. The molecule has 3 rings (SSSR count). The highest BCUT2D eigenvalue weighted by Crippen LogP contribution is 2.40. The molecule has 0 saturated heterocycles. The number of benzene rings is 2. The number of anilines is 2. The molecule has 0 fully saturated rings. The molecule has 1 amide bonds. The van der Waals surface area contributed by atoms with Crippen molar-refractivity contribution in [1.29, 1.82) is 0 Å². The van der Waals surface area contributed by atoms with Gasteiger partial charge < -0.3 is 10.6 Å². The summed E-state index contributed by atoms with van der Waals surface area (Å²) in [4.78, 5) is 12.2. The van der Waals surface area contributed by atoms with Gasteiger partial charge in [0, 0.05) is 22.8 Å². The number of halogens is 1. The monoisotopic (exact) mass is 368 g/mol. The molecule has 1 atom stereocenters. The Morgan fingerprint density at radius 3 is 2.77 bits per heavy atom. The van der Waals surface area contributed by atoms with Crippen LogP contribution in [0.5, 0.6) is 0 Å². The lowest BCUT2D eigenvalue weighted by molar-refractivity contribution is -0.115. The van der Waals surface area contributed by atoms with Crippen LogP contribution in [0.3, 0.4) is 0 Å². The van der Waals surface area contributed by atoms with Crippen LogP contribution >= 0.6 is 11.6 Å². The minimum Gasteiger partial charge on any atom is -0.378 e. The molecule has 2 N–H and O–H groups in total. The number of aryl methyl sites for hydroxylation is 1. The Morgan fingerprint density at radius 2 is 2.08 bits per heavy atom. The minimum atomic E-state index is -0.00440. The number of carbonyl (C=O) groups excluding carboxylic acids is 1. The van der Waals surface area contributed by atoms with Gasteiger partial charge in [-0.15, -0.1) is 0 Å². The van der Waals surface area contributed by atoms with Gasteiger partial charge >= 0.3 is 0 Å². The Balaban J connectivity index is 1.85. The quantitative estimate of drug-likeness (QED) is 0.639. The predicted octanol–water partition coefficient (Wildman–Crippen LogP) is 5.96. The van der Waals surface area contributed by atoms with Crippen LogP contribution < -0.4 is 10.6 Å². The molecular formula is C22H25ClN2O. The van der Waals surface area contributed by atoms with Gasteiger partial charge in [0.2, 0.25) is 5.91 Å². The third kappa shape index (κ3) is 3.94. The van der Waals surface area contributed by atoms with E-state index in [0.717, 1.165) is 40.4 Å². The van der Waals surface area contributed by atoms with Gasteiger partial charge in [-0.25, -0.2) is 0 Å². The molecule has 26 heavy (non-hydrogen) atoms. The van der Waals surface area contributed by atoms with E-state index < -0.39 is 0 Å². The van der Waals surface area contributed by atoms with Crippen molar-refractivity contribution in [2.24, 2.45) is 0 Å². The van der Waals surface area contributed by atoms with E-state index in [0.29, 0.717) is 6.42 Å². The van der Waals surface area contributed by atoms with E-state index in [9.17, 15) is 4.79 Å². The number of carbonyl (C=O) groups is 1. The van der Waals surface area contributed by atoms with Crippen LogP contribution in [0.4, 0.5) is 11.4 Å². The number of nitrogens with one attached hydrogen (secondary N) is 2. The molecule has 0 saturated carbocycles. The molecule has 0 bridgehead atoms. The van der Waals surface area contributed by atoms with Crippen molar-refractivity contribution in [3.63, 3.8) is 0 Å². The minimum absolute atomic E-state index is 0.00440. The molecule has 0 aliphatic heterocycles. The predicted molar refractivity (Wildman–Crippen MR) is 110 cm³/mol. The maximum absolute atomic E-state index is 12.2. The van der Waals surface area contributed by atoms with E-state index in [-0.39, 0.29) is 11.9 Å². The molecule has 0 heterocycles. The highest BCUT2D eigenvalue weighted by atomic mass is 35.5. The van der Waals surface area contributed by atoms with Gasteiger partial charge in [0.05, 0.1) is 6.04 Å². The van der Waals surface area contributed by atoms with Crippen LogP contribution in [-0.4, -0.2) is 5.91 Å². The lowest BCUT2D eigenvalue weighted by atomic mass is 9.97. The maximum Gasteiger partial charge on any atom is 0.228 e. The molecule has 0 spiro atoms. The fourth-order valence-electron chi connectivity index (χ4n) is 3.72. The topological polar surface area (TPSA) is 41.1 Å². The number of hydrogen-bond donors (Lipinski definition) is 2. The fraction of sp³-hybridized carbons (Fsp3) is 0.318. The van der Waals surface area contributed by atoms with E-state index in [1.54, 1.807) is 0 Å². The van der Waals surface area contributed by atoms with Crippen LogP contribution in [0.25, 0.3) is 0 Å². The zero-order valence-corrected chi connectivity index (χ0v) is 16.3. The van der Waals surface area contributed by atoms with Crippen LogP contribution in [-0.2, 0) is 11.2 Å². The van der Waals surface area contributed by atoms with Crippen molar-refractivity contribution >= 4 is 28.9 Å². The normalized spacial score (nSPS) is 15.5. The molecular weight excluding hydrogens is 344 g/mol. The van der Waals surface area contributed by atoms with Gasteiger partial charge in [-0.3, -0.25) is 4.79 Å². The Hall–Kier alpha value is -2.26. The molecule has 3 nitrogen and oxygen atoms in total. The molecule has 1 unspecified atom stereocenters. The molecule has 0 radical (unpaired) electrons. The van der Waals surface area contributed by atoms with E-state index in [1.165, 1.54) is 16.7 Å².